The van der Waals surface area contributed by atoms with Crippen LogP contribution in [0.25, 0.3) is 0 Å². The summed E-state index contributed by atoms with van der Waals surface area (Å²) in [5, 5.41) is 21.1. The van der Waals surface area contributed by atoms with Crippen molar-refractivity contribution >= 4 is 0 Å². The predicted octanol–water partition coefficient (Wildman–Crippen LogP) is 4.69. The molecule has 0 heterocycles. The Hall–Kier alpha value is -0.500. The fourth-order valence-corrected chi connectivity index (χ4v) is 7.59. The zero-order valence-electron chi connectivity index (χ0n) is 14.6. The highest BCUT2D eigenvalue weighted by atomic mass is 16.3. The van der Waals surface area contributed by atoms with E-state index in [1.165, 1.54) is 25.7 Å². The van der Waals surface area contributed by atoms with Crippen molar-refractivity contribution in [3.8, 4) is 0 Å². The van der Waals surface area contributed by atoms with E-state index >= 15 is 0 Å². The highest BCUT2D eigenvalue weighted by Crippen LogP contribution is 2.71. The van der Waals surface area contributed by atoms with Gasteiger partial charge in [-0.05, 0) is 79.1 Å². The van der Waals surface area contributed by atoms with Crippen molar-refractivity contribution in [1.82, 2.24) is 0 Å². The summed E-state index contributed by atoms with van der Waals surface area (Å²) >= 11 is 0. The van der Waals surface area contributed by atoms with Gasteiger partial charge in [0.2, 0.25) is 0 Å². The van der Waals surface area contributed by atoms with Crippen LogP contribution in [0.15, 0.2) is 11.8 Å². The van der Waals surface area contributed by atoms with Crippen LogP contribution in [0.4, 0.5) is 0 Å². The van der Waals surface area contributed by atoms with Gasteiger partial charge in [0, 0.05) is 5.41 Å². The van der Waals surface area contributed by atoms with Gasteiger partial charge >= 0.3 is 0 Å². The van der Waals surface area contributed by atoms with Crippen LogP contribution in [-0.2, 0) is 0 Å². The minimum absolute atomic E-state index is 0.103. The summed E-state index contributed by atoms with van der Waals surface area (Å²) in [6.07, 6.45) is 9.09. The summed E-state index contributed by atoms with van der Waals surface area (Å²) in [5.41, 5.74) is 0.607. The van der Waals surface area contributed by atoms with E-state index in [4.69, 9.17) is 0 Å². The molecule has 0 radical (unpaired) electrons. The molecule has 2 heteroatoms. The van der Waals surface area contributed by atoms with Crippen LogP contribution in [0.1, 0.15) is 66.2 Å². The first-order valence-electron chi connectivity index (χ1n) is 9.28. The van der Waals surface area contributed by atoms with Crippen LogP contribution < -0.4 is 0 Å². The summed E-state index contributed by atoms with van der Waals surface area (Å²) in [7, 11) is 0. The normalized spacial score (nSPS) is 56.0. The largest absolute Gasteiger partial charge is 0.512 e. The van der Waals surface area contributed by atoms with Crippen molar-refractivity contribution in [1.29, 1.82) is 0 Å². The van der Waals surface area contributed by atoms with Crippen LogP contribution >= 0.6 is 0 Å². The molecule has 0 aromatic heterocycles. The molecule has 0 aliphatic heterocycles. The van der Waals surface area contributed by atoms with E-state index in [1.54, 1.807) is 0 Å². The third kappa shape index (κ3) is 1.66. The van der Waals surface area contributed by atoms with Gasteiger partial charge in [-0.3, -0.25) is 0 Å². The maximum atomic E-state index is 10.7. The smallest absolute Gasteiger partial charge is 0.0942 e. The number of hydrogen-bond donors (Lipinski definition) is 2. The van der Waals surface area contributed by atoms with E-state index in [0.29, 0.717) is 34.8 Å². The van der Waals surface area contributed by atoms with Gasteiger partial charge in [0.1, 0.15) is 0 Å². The second kappa shape index (κ2) is 4.32. The van der Waals surface area contributed by atoms with E-state index < -0.39 is 0 Å². The average molecular weight is 304 g/mol. The van der Waals surface area contributed by atoms with Crippen molar-refractivity contribution < 1.29 is 10.2 Å². The van der Waals surface area contributed by atoms with E-state index in [2.05, 4.69) is 33.8 Å². The predicted molar refractivity (Wildman–Crippen MR) is 88.4 cm³/mol. The van der Waals surface area contributed by atoms with E-state index in [-0.39, 0.29) is 16.9 Å². The first kappa shape index (κ1) is 15.1. The molecular weight excluding hydrogens is 272 g/mol. The number of rotatable bonds is 0. The maximum absolute atomic E-state index is 10.7. The van der Waals surface area contributed by atoms with Crippen LogP contribution in [0.3, 0.4) is 0 Å². The van der Waals surface area contributed by atoms with Crippen LogP contribution in [0, 0.1) is 39.9 Å². The molecule has 3 saturated carbocycles. The van der Waals surface area contributed by atoms with E-state index in [0.717, 1.165) is 12.8 Å². The first-order chi connectivity index (χ1) is 10.2. The molecule has 2 nitrogen and oxygen atoms in total. The molecule has 4 aliphatic rings. The Bertz CT molecular complexity index is 522. The monoisotopic (exact) mass is 304 g/mol. The summed E-state index contributed by atoms with van der Waals surface area (Å²) in [6.45, 7) is 9.26. The SMILES string of the molecule is C[C@@H]1C[C@]23CC[C@H]4C(C)(C)C(O)=CC[C@]4(C)[C@H]2CC(O)[C@@H]1C3. The van der Waals surface area contributed by atoms with E-state index in [1.807, 2.05) is 0 Å². The average Bonchev–Trinajstić information content (AvgIpc) is 2.72. The fraction of sp³-hybridized carbons (Fsp3) is 0.900. The second-order valence-corrected chi connectivity index (χ2v) is 9.88. The molecule has 0 aromatic carbocycles. The molecule has 2 N–H and O–H groups in total. The lowest BCUT2D eigenvalue weighted by molar-refractivity contribution is -0.144. The van der Waals surface area contributed by atoms with Gasteiger partial charge in [0.15, 0.2) is 0 Å². The topological polar surface area (TPSA) is 40.5 Å². The Labute approximate surface area is 135 Å². The van der Waals surface area contributed by atoms with Crippen LogP contribution in [0.5, 0.6) is 0 Å². The van der Waals surface area contributed by atoms with Crippen molar-refractivity contribution in [2.45, 2.75) is 72.3 Å². The maximum Gasteiger partial charge on any atom is 0.0942 e. The van der Waals surface area contributed by atoms with Gasteiger partial charge in [-0.2, -0.15) is 0 Å². The highest BCUT2D eigenvalue weighted by Gasteiger charge is 2.65. The van der Waals surface area contributed by atoms with Crippen LogP contribution in [-0.4, -0.2) is 16.3 Å². The Morgan fingerprint density at radius 1 is 1.14 bits per heavy atom. The molecule has 0 saturated heterocycles. The molecule has 2 bridgehead atoms. The Morgan fingerprint density at radius 2 is 1.86 bits per heavy atom. The Kier molecular flexibility index (Phi) is 2.95. The summed E-state index contributed by atoms with van der Waals surface area (Å²) in [4.78, 5) is 0. The quantitative estimate of drug-likeness (QED) is 0.681. The van der Waals surface area contributed by atoms with E-state index in [9.17, 15) is 10.2 Å². The molecule has 1 unspecified atom stereocenters. The van der Waals surface area contributed by atoms with Gasteiger partial charge in [-0.25, -0.2) is 0 Å². The molecule has 4 rings (SSSR count). The van der Waals surface area contributed by atoms with Crippen molar-refractivity contribution in [2.75, 3.05) is 0 Å². The Balaban J connectivity index is 1.78. The molecule has 7 atom stereocenters. The lowest BCUT2D eigenvalue weighted by atomic mass is 9.42. The molecule has 1 spiro atoms. The number of fused-ring (bicyclic) bond motifs is 3. The number of aliphatic hydroxyl groups excluding tert-OH is 2. The highest BCUT2D eigenvalue weighted by molar-refractivity contribution is 5.21. The summed E-state index contributed by atoms with van der Waals surface area (Å²) < 4.78 is 0. The zero-order valence-corrected chi connectivity index (χ0v) is 14.6. The summed E-state index contributed by atoms with van der Waals surface area (Å²) in [5.74, 6) is 2.98. The lowest BCUT2D eigenvalue weighted by Crippen LogP contribution is -2.57. The third-order valence-electron chi connectivity index (χ3n) is 8.60. The van der Waals surface area contributed by atoms with Crippen molar-refractivity contribution in [3.05, 3.63) is 11.8 Å². The second-order valence-electron chi connectivity index (χ2n) is 9.88. The molecule has 0 aromatic rings. The minimum Gasteiger partial charge on any atom is -0.512 e. The molecule has 0 amide bonds. The van der Waals surface area contributed by atoms with Gasteiger partial charge in [0.25, 0.3) is 0 Å². The number of allylic oxidation sites excluding steroid dienone is 2. The minimum atomic E-state index is -0.110. The van der Waals surface area contributed by atoms with Gasteiger partial charge in [0.05, 0.1) is 11.9 Å². The summed E-state index contributed by atoms with van der Waals surface area (Å²) in [6, 6.07) is 0. The fourth-order valence-electron chi connectivity index (χ4n) is 7.59. The standard InChI is InChI=1S/C20H32O2/c1-12-10-20-8-5-15-18(2,3)17(22)6-7-19(15,4)16(20)9-14(21)13(12)11-20/h6,12-16,21-22H,5,7-11H2,1-4H3/t12-,13-,14?,15+,16-,19+,20+/m1/s1. The molecule has 4 aliphatic carbocycles. The molecule has 124 valence electrons. The van der Waals surface area contributed by atoms with Gasteiger partial charge < -0.3 is 10.2 Å². The molecule has 3 fully saturated rings. The molecular formula is C20H32O2. The van der Waals surface area contributed by atoms with Crippen molar-refractivity contribution in [3.63, 3.8) is 0 Å². The lowest BCUT2D eigenvalue weighted by Gasteiger charge is -2.63. The van der Waals surface area contributed by atoms with Crippen molar-refractivity contribution in [2.24, 2.45) is 39.9 Å². The third-order valence-corrected chi connectivity index (χ3v) is 8.60. The Morgan fingerprint density at radius 3 is 2.59 bits per heavy atom. The zero-order chi connectivity index (χ0) is 15.9. The van der Waals surface area contributed by atoms with Crippen LogP contribution in [0.2, 0.25) is 0 Å². The number of aliphatic hydroxyl groups is 2. The first-order valence-corrected chi connectivity index (χ1v) is 9.28. The molecule has 22 heavy (non-hydrogen) atoms. The number of hydrogen-bond acceptors (Lipinski definition) is 2. The van der Waals surface area contributed by atoms with Gasteiger partial charge in [-0.1, -0.05) is 27.7 Å². The van der Waals surface area contributed by atoms with Gasteiger partial charge in [-0.15, -0.1) is 0 Å².